The second-order valence-corrected chi connectivity index (χ2v) is 5.16. The number of benzene rings is 1. The van der Waals surface area contributed by atoms with Crippen LogP contribution in [0.2, 0.25) is 0 Å². The first-order chi connectivity index (χ1) is 9.36. The molecule has 3 rings (SSSR count). The van der Waals surface area contributed by atoms with Gasteiger partial charge in [-0.3, -0.25) is 0 Å². The molecule has 19 heavy (non-hydrogen) atoms. The van der Waals surface area contributed by atoms with Crippen LogP contribution >= 0.6 is 0 Å². The third kappa shape index (κ3) is 2.68. The fraction of sp³-hybridized carbons (Fsp3) is 0.571. The summed E-state index contributed by atoms with van der Waals surface area (Å²) in [5.41, 5.74) is 1.97. The predicted molar refractivity (Wildman–Crippen MR) is 76.8 cm³/mol. The standard InChI is InChI=1S/C14H22N4O/c19-14-11(12-10-16-4-5-17-12)2-1-3-13(14)18-8-6-15-7-9-18/h1-3,12,15-17,19H,4-10H2. The number of rotatable bonds is 2. The summed E-state index contributed by atoms with van der Waals surface area (Å²) in [5.74, 6) is 0.436. The molecular formula is C14H22N4O. The van der Waals surface area contributed by atoms with E-state index < -0.39 is 0 Å². The van der Waals surface area contributed by atoms with Gasteiger partial charge < -0.3 is 26.0 Å². The van der Waals surface area contributed by atoms with E-state index in [0.29, 0.717) is 5.75 Å². The van der Waals surface area contributed by atoms with Crippen molar-refractivity contribution in [3.63, 3.8) is 0 Å². The zero-order chi connectivity index (χ0) is 13.1. The highest BCUT2D eigenvalue weighted by Crippen LogP contribution is 2.34. The molecule has 0 aliphatic carbocycles. The molecule has 0 spiro atoms. The lowest BCUT2D eigenvalue weighted by atomic mass is 10.0. The lowest BCUT2D eigenvalue weighted by Gasteiger charge is -2.32. The van der Waals surface area contributed by atoms with Crippen LogP contribution in [0, 0.1) is 0 Å². The summed E-state index contributed by atoms with van der Waals surface area (Å²) >= 11 is 0. The quantitative estimate of drug-likeness (QED) is 0.606. The molecule has 1 aromatic rings. The van der Waals surface area contributed by atoms with Crippen LogP contribution < -0.4 is 20.9 Å². The molecular weight excluding hydrogens is 240 g/mol. The minimum absolute atomic E-state index is 0.205. The van der Waals surface area contributed by atoms with E-state index in [2.05, 4.69) is 20.9 Å². The number of hydrogen-bond donors (Lipinski definition) is 4. The number of anilines is 1. The Balaban J connectivity index is 1.84. The molecule has 5 nitrogen and oxygen atoms in total. The maximum atomic E-state index is 10.6. The summed E-state index contributed by atoms with van der Waals surface area (Å²) in [6.07, 6.45) is 0. The van der Waals surface area contributed by atoms with Gasteiger partial charge in [0.05, 0.1) is 5.69 Å². The van der Waals surface area contributed by atoms with Gasteiger partial charge in [0, 0.05) is 57.4 Å². The third-order valence-corrected chi connectivity index (χ3v) is 3.92. The fourth-order valence-corrected chi connectivity index (χ4v) is 2.86. The third-order valence-electron chi connectivity index (χ3n) is 3.92. The molecule has 0 saturated carbocycles. The zero-order valence-electron chi connectivity index (χ0n) is 11.2. The smallest absolute Gasteiger partial charge is 0.143 e. The minimum atomic E-state index is 0.205. The highest BCUT2D eigenvalue weighted by molar-refractivity contribution is 5.62. The van der Waals surface area contributed by atoms with E-state index in [1.165, 1.54) is 0 Å². The van der Waals surface area contributed by atoms with Gasteiger partial charge in [0.1, 0.15) is 5.75 Å². The molecule has 2 aliphatic rings. The molecule has 1 unspecified atom stereocenters. The summed E-state index contributed by atoms with van der Waals surface area (Å²) in [6, 6.07) is 6.28. The van der Waals surface area contributed by atoms with E-state index >= 15 is 0 Å². The Bertz CT molecular complexity index is 389. The predicted octanol–water partition coefficient (Wildman–Crippen LogP) is 0.0357. The maximum absolute atomic E-state index is 10.6. The highest BCUT2D eigenvalue weighted by atomic mass is 16.3. The first-order valence-corrected chi connectivity index (χ1v) is 7.08. The van der Waals surface area contributed by atoms with Crippen LogP contribution in [-0.4, -0.2) is 50.9 Å². The van der Waals surface area contributed by atoms with Gasteiger partial charge in [0.15, 0.2) is 0 Å². The van der Waals surface area contributed by atoms with E-state index in [9.17, 15) is 5.11 Å². The molecule has 2 fully saturated rings. The first-order valence-electron chi connectivity index (χ1n) is 7.08. The van der Waals surface area contributed by atoms with Crippen molar-refractivity contribution in [3.05, 3.63) is 23.8 Å². The molecule has 5 heteroatoms. The van der Waals surface area contributed by atoms with E-state index in [1.807, 2.05) is 18.2 Å². The largest absolute Gasteiger partial charge is 0.505 e. The van der Waals surface area contributed by atoms with Crippen LogP contribution in [0.1, 0.15) is 11.6 Å². The number of nitrogens with one attached hydrogen (secondary N) is 3. The Morgan fingerprint density at radius 2 is 1.89 bits per heavy atom. The lowest BCUT2D eigenvalue weighted by molar-refractivity contribution is 0.404. The molecule has 4 N–H and O–H groups in total. The summed E-state index contributed by atoms with van der Waals surface area (Å²) in [4.78, 5) is 2.26. The molecule has 1 aromatic carbocycles. The van der Waals surface area contributed by atoms with Crippen molar-refractivity contribution in [2.24, 2.45) is 0 Å². The van der Waals surface area contributed by atoms with E-state index in [0.717, 1.165) is 57.1 Å². The van der Waals surface area contributed by atoms with Crippen molar-refractivity contribution < 1.29 is 5.11 Å². The van der Waals surface area contributed by atoms with Crippen LogP contribution in [0.4, 0.5) is 5.69 Å². The normalized spacial score (nSPS) is 24.4. The van der Waals surface area contributed by atoms with E-state index in [-0.39, 0.29) is 6.04 Å². The van der Waals surface area contributed by atoms with Crippen molar-refractivity contribution in [3.8, 4) is 5.75 Å². The van der Waals surface area contributed by atoms with Gasteiger partial charge in [-0.15, -0.1) is 0 Å². The monoisotopic (exact) mass is 262 g/mol. The van der Waals surface area contributed by atoms with E-state index in [1.54, 1.807) is 0 Å². The van der Waals surface area contributed by atoms with E-state index in [4.69, 9.17) is 0 Å². The highest BCUT2D eigenvalue weighted by Gasteiger charge is 2.21. The molecule has 0 bridgehead atoms. The summed E-state index contributed by atoms with van der Waals surface area (Å²) in [5, 5.41) is 20.7. The fourth-order valence-electron chi connectivity index (χ4n) is 2.86. The van der Waals surface area contributed by atoms with Gasteiger partial charge in [0.2, 0.25) is 0 Å². The van der Waals surface area contributed by atoms with Crippen LogP contribution in [-0.2, 0) is 0 Å². The van der Waals surface area contributed by atoms with Crippen molar-refractivity contribution in [1.82, 2.24) is 16.0 Å². The van der Waals surface area contributed by atoms with Gasteiger partial charge in [-0.1, -0.05) is 12.1 Å². The van der Waals surface area contributed by atoms with Crippen molar-refractivity contribution in [2.45, 2.75) is 6.04 Å². The summed E-state index contributed by atoms with van der Waals surface area (Å²) in [7, 11) is 0. The number of nitrogens with zero attached hydrogens (tertiary/aromatic N) is 1. The number of piperazine rings is 2. The summed E-state index contributed by atoms with van der Waals surface area (Å²) in [6.45, 7) is 6.68. The topological polar surface area (TPSA) is 59.6 Å². The van der Waals surface area contributed by atoms with Gasteiger partial charge in [-0.2, -0.15) is 0 Å². The molecule has 2 heterocycles. The van der Waals surface area contributed by atoms with Gasteiger partial charge in [0.25, 0.3) is 0 Å². The van der Waals surface area contributed by atoms with Crippen LogP contribution in [0.5, 0.6) is 5.75 Å². The number of hydrogen-bond acceptors (Lipinski definition) is 5. The van der Waals surface area contributed by atoms with Gasteiger partial charge >= 0.3 is 0 Å². The maximum Gasteiger partial charge on any atom is 0.143 e. The Hall–Kier alpha value is -1.30. The van der Waals surface area contributed by atoms with Crippen LogP contribution in [0.3, 0.4) is 0 Å². The van der Waals surface area contributed by atoms with Gasteiger partial charge in [-0.25, -0.2) is 0 Å². The van der Waals surface area contributed by atoms with Crippen molar-refractivity contribution in [1.29, 1.82) is 0 Å². The molecule has 0 amide bonds. The average molecular weight is 262 g/mol. The minimum Gasteiger partial charge on any atom is -0.505 e. The van der Waals surface area contributed by atoms with Gasteiger partial charge in [-0.05, 0) is 6.07 Å². The molecule has 2 aliphatic heterocycles. The van der Waals surface area contributed by atoms with Crippen molar-refractivity contribution in [2.75, 3.05) is 50.7 Å². The Kier molecular flexibility index (Phi) is 3.87. The second-order valence-electron chi connectivity index (χ2n) is 5.16. The number of aromatic hydroxyl groups is 1. The molecule has 0 aromatic heterocycles. The molecule has 2 saturated heterocycles. The number of phenols is 1. The first kappa shape index (κ1) is 12.7. The Labute approximate surface area is 114 Å². The Morgan fingerprint density at radius 3 is 2.63 bits per heavy atom. The number of para-hydroxylation sites is 1. The Morgan fingerprint density at radius 1 is 1.05 bits per heavy atom. The molecule has 104 valence electrons. The summed E-state index contributed by atoms with van der Waals surface area (Å²) < 4.78 is 0. The lowest BCUT2D eigenvalue weighted by Crippen LogP contribution is -2.44. The molecule has 1 atom stereocenters. The molecule has 0 radical (unpaired) electrons. The van der Waals surface area contributed by atoms with Crippen LogP contribution in [0.15, 0.2) is 18.2 Å². The SMILES string of the molecule is Oc1c(C2CNCCN2)cccc1N1CCNCC1. The number of phenolic OH excluding ortho intramolecular Hbond substituents is 1. The van der Waals surface area contributed by atoms with Crippen molar-refractivity contribution >= 4 is 5.69 Å². The average Bonchev–Trinajstić information content (AvgIpc) is 2.49. The van der Waals surface area contributed by atoms with Crippen LogP contribution in [0.25, 0.3) is 0 Å². The zero-order valence-corrected chi connectivity index (χ0v) is 11.2. The second kappa shape index (κ2) is 5.77.